The average molecular weight is 282 g/mol. The maximum atomic E-state index is 11.6. The van der Waals surface area contributed by atoms with Crippen LogP contribution in [0, 0.1) is 11.8 Å². The molecule has 1 aliphatic heterocycles. The first-order valence-electron chi connectivity index (χ1n) is 8.36. The molecule has 4 nitrogen and oxygen atoms in total. The van der Waals surface area contributed by atoms with E-state index in [2.05, 4.69) is 17.1 Å². The fraction of sp³-hybridized carbons (Fsp3) is 0.938. The van der Waals surface area contributed by atoms with Crippen molar-refractivity contribution in [3.05, 3.63) is 0 Å². The summed E-state index contributed by atoms with van der Waals surface area (Å²) in [7, 11) is 0. The molecule has 0 aromatic rings. The SMILES string of the molecule is CCCCC1CC(NC(=O)OCC)CN(CC2CC2)C1. The molecule has 1 saturated carbocycles. The number of carbonyl (C=O) groups excluding carboxylic acids is 1. The topological polar surface area (TPSA) is 41.6 Å². The number of amides is 1. The highest BCUT2D eigenvalue weighted by atomic mass is 16.5. The van der Waals surface area contributed by atoms with Crippen LogP contribution in [0.2, 0.25) is 0 Å². The lowest BCUT2D eigenvalue weighted by atomic mass is 9.90. The first-order chi connectivity index (χ1) is 9.71. The van der Waals surface area contributed by atoms with E-state index >= 15 is 0 Å². The molecule has 0 aromatic heterocycles. The van der Waals surface area contributed by atoms with Gasteiger partial charge in [-0.05, 0) is 44.4 Å². The van der Waals surface area contributed by atoms with Gasteiger partial charge >= 0.3 is 6.09 Å². The van der Waals surface area contributed by atoms with Crippen LogP contribution < -0.4 is 5.32 Å². The van der Waals surface area contributed by atoms with Crippen LogP contribution in [-0.2, 0) is 4.74 Å². The number of alkyl carbamates (subject to hydrolysis) is 1. The minimum Gasteiger partial charge on any atom is -0.450 e. The lowest BCUT2D eigenvalue weighted by molar-refractivity contribution is 0.111. The Bertz CT molecular complexity index is 305. The zero-order valence-corrected chi connectivity index (χ0v) is 13.1. The highest BCUT2D eigenvalue weighted by molar-refractivity contribution is 5.67. The average Bonchev–Trinajstić information content (AvgIpc) is 3.20. The summed E-state index contributed by atoms with van der Waals surface area (Å²) >= 11 is 0. The molecule has 1 amide bonds. The van der Waals surface area contributed by atoms with Crippen molar-refractivity contribution in [1.82, 2.24) is 10.2 Å². The Morgan fingerprint density at radius 3 is 2.70 bits per heavy atom. The number of nitrogens with one attached hydrogen (secondary N) is 1. The van der Waals surface area contributed by atoms with Gasteiger partial charge in [-0.2, -0.15) is 0 Å². The van der Waals surface area contributed by atoms with E-state index in [0.29, 0.717) is 6.61 Å². The van der Waals surface area contributed by atoms with Crippen molar-refractivity contribution >= 4 is 6.09 Å². The molecule has 20 heavy (non-hydrogen) atoms. The summed E-state index contributed by atoms with van der Waals surface area (Å²) in [6, 6.07) is 0.267. The number of unbranched alkanes of at least 4 members (excludes halogenated alkanes) is 1. The molecule has 4 heteroatoms. The van der Waals surface area contributed by atoms with Crippen LogP contribution in [0.1, 0.15) is 52.4 Å². The predicted molar refractivity (Wildman–Crippen MR) is 80.7 cm³/mol. The molecule has 2 atom stereocenters. The number of hydrogen-bond donors (Lipinski definition) is 1. The third kappa shape index (κ3) is 5.31. The fourth-order valence-electron chi connectivity index (χ4n) is 3.26. The van der Waals surface area contributed by atoms with Gasteiger partial charge in [0.25, 0.3) is 0 Å². The number of likely N-dealkylation sites (tertiary alicyclic amines) is 1. The van der Waals surface area contributed by atoms with Gasteiger partial charge in [-0.25, -0.2) is 4.79 Å². The molecule has 1 aliphatic carbocycles. The minimum absolute atomic E-state index is 0.250. The maximum Gasteiger partial charge on any atom is 0.407 e. The Hall–Kier alpha value is -0.770. The number of piperidine rings is 1. The van der Waals surface area contributed by atoms with Crippen molar-refractivity contribution in [3.63, 3.8) is 0 Å². The summed E-state index contributed by atoms with van der Waals surface area (Å²) in [6.07, 6.45) is 7.50. The molecule has 1 saturated heterocycles. The van der Waals surface area contributed by atoms with Crippen LogP contribution in [0.15, 0.2) is 0 Å². The number of carbonyl (C=O) groups is 1. The Morgan fingerprint density at radius 1 is 1.25 bits per heavy atom. The van der Waals surface area contributed by atoms with Crippen LogP contribution in [-0.4, -0.2) is 43.3 Å². The first kappa shape index (κ1) is 15.6. The summed E-state index contributed by atoms with van der Waals surface area (Å²) in [4.78, 5) is 14.2. The minimum atomic E-state index is -0.250. The Morgan fingerprint density at radius 2 is 2.05 bits per heavy atom. The molecule has 2 unspecified atom stereocenters. The van der Waals surface area contributed by atoms with Crippen LogP contribution >= 0.6 is 0 Å². The number of rotatable bonds is 7. The second-order valence-corrected chi connectivity index (χ2v) is 6.47. The second-order valence-electron chi connectivity index (χ2n) is 6.47. The van der Waals surface area contributed by atoms with Gasteiger partial charge in [0, 0.05) is 25.7 Å². The van der Waals surface area contributed by atoms with Crippen LogP contribution in [0.4, 0.5) is 4.79 Å². The van der Waals surface area contributed by atoms with E-state index in [9.17, 15) is 4.79 Å². The van der Waals surface area contributed by atoms with Gasteiger partial charge in [0.2, 0.25) is 0 Å². The van der Waals surface area contributed by atoms with Gasteiger partial charge in [-0.1, -0.05) is 19.8 Å². The number of hydrogen-bond acceptors (Lipinski definition) is 3. The molecule has 0 bridgehead atoms. The number of ether oxygens (including phenoxy) is 1. The Balaban J connectivity index is 1.83. The van der Waals surface area contributed by atoms with Gasteiger partial charge in [0.1, 0.15) is 0 Å². The standard InChI is InChI=1S/C16H30N2O2/c1-3-5-6-14-9-15(17-16(19)20-4-2)12-18(11-14)10-13-7-8-13/h13-15H,3-12H2,1-2H3,(H,17,19). The third-order valence-corrected chi connectivity index (χ3v) is 4.39. The van der Waals surface area contributed by atoms with Gasteiger partial charge in [0.15, 0.2) is 0 Å². The zero-order valence-electron chi connectivity index (χ0n) is 13.1. The van der Waals surface area contributed by atoms with Crippen LogP contribution in [0.25, 0.3) is 0 Å². The number of nitrogens with zero attached hydrogens (tertiary/aromatic N) is 1. The molecule has 2 rings (SSSR count). The molecule has 1 heterocycles. The van der Waals surface area contributed by atoms with E-state index in [0.717, 1.165) is 24.8 Å². The lowest BCUT2D eigenvalue weighted by Crippen LogP contribution is -2.51. The van der Waals surface area contributed by atoms with E-state index in [4.69, 9.17) is 4.74 Å². The first-order valence-corrected chi connectivity index (χ1v) is 8.36. The quantitative estimate of drug-likeness (QED) is 0.780. The summed E-state index contributed by atoms with van der Waals surface area (Å²) in [5.41, 5.74) is 0. The largest absolute Gasteiger partial charge is 0.450 e. The summed E-state index contributed by atoms with van der Waals surface area (Å²) in [6.45, 7) is 7.99. The van der Waals surface area contributed by atoms with E-state index < -0.39 is 0 Å². The van der Waals surface area contributed by atoms with E-state index in [1.807, 2.05) is 6.92 Å². The normalized spacial score (nSPS) is 27.3. The molecule has 2 fully saturated rings. The molecule has 1 N–H and O–H groups in total. The Labute approximate surface area is 123 Å². The molecule has 0 spiro atoms. The van der Waals surface area contributed by atoms with E-state index in [1.165, 1.54) is 45.2 Å². The second kappa shape index (κ2) is 7.87. The van der Waals surface area contributed by atoms with Crippen LogP contribution in [0.5, 0.6) is 0 Å². The predicted octanol–water partition coefficient (Wildman–Crippen LogP) is 3.02. The van der Waals surface area contributed by atoms with Crippen LogP contribution in [0.3, 0.4) is 0 Å². The summed E-state index contributed by atoms with van der Waals surface area (Å²) in [5, 5.41) is 3.05. The van der Waals surface area contributed by atoms with Gasteiger partial charge in [-0.3, -0.25) is 0 Å². The molecule has 116 valence electrons. The molecular weight excluding hydrogens is 252 g/mol. The molecule has 2 aliphatic rings. The molecular formula is C16H30N2O2. The Kier molecular flexibility index (Phi) is 6.14. The van der Waals surface area contributed by atoms with E-state index in [-0.39, 0.29) is 12.1 Å². The highest BCUT2D eigenvalue weighted by Gasteiger charge is 2.31. The zero-order chi connectivity index (χ0) is 14.4. The van der Waals surface area contributed by atoms with Gasteiger partial charge in [0.05, 0.1) is 6.61 Å². The monoisotopic (exact) mass is 282 g/mol. The van der Waals surface area contributed by atoms with E-state index in [1.54, 1.807) is 0 Å². The summed E-state index contributed by atoms with van der Waals surface area (Å²) < 4.78 is 5.02. The van der Waals surface area contributed by atoms with Crippen molar-refractivity contribution in [1.29, 1.82) is 0 Å². The van der Waals surface area contributed by atoms with Gasteiger partial charge in [-0.15, -0.1) is 0 Å². The van der Waals surface area contributed by atoms with Gasteiger partial charge < -0.3 is 15.0 Å². The molecule has 0 aromatic carbocycles. The highest BCUT2D eigenvalue weighted by Crippen LogP contribution is 2.32. The van der Waals surface area contributed by atoms with Crippen molar-refractivity contribution in [3.8, 4) is 0 Å². The maximum absolute atomic E-state index is 11.6. The van der Waals surface area contributed by atoms with Crippen molar-refractivity contribution in [2.24, 2.45) is 11.8 Å². The van der Waals surface area contributed by atoms with Crippen molar-refractivity contribution < 1.29 is 9.53 Å². The lowest BCUT2D eigenvalue weighted by Gasteiger charge is -2.38. The summed E-state index contributed by atoms with van der Waals surface area (Å²) in [5.74, 6) is 1.65. The third-order valence-electron chi connectivity index (χ3n) is 4.39. The van der Waals surface area contributed by atoms with Crippen molar-refractivity contribution in [2.45, 2.75) is 58.4 Å². The molecule has 0 radical (unpaired) electrons. The van der Waals surface area contributed by atoms with Crippen molar-refractivity contribution in [2.75, 3.05) is 26.2 Å². The fourth-order valence-corrected chi connectivity index (χ4v) is 3.26. The smallest absolute Gasteiger partial charge is 0.407 e.